The number of hydrogen-bond acceptors (Lipinski definition) is 1. The molecule has 0 saturated heterocycles. The monoisotopic (exact) mass is 874 g/mol. The van der Waals surface area contributed by atoms with Gasteiger partial charge in [-0.3, -0.25) is 0 Å². The maximum atomic E-state index is 2.60. The molecule has 320 valence electrons. The molecule has 2 heteroatoms. The van der Waals surface area contributed by atoms with E-state index in [-0.39, 0.29) is 0 Å². The molecule has 1 unspecified atom stereocenters. The lowest BCUT2D eigenvalue weighted by Crippen LogP contribution is -2.33. The van der Waals surface area contributed by atoms with Gasteiger partial charge in [-0.05, 0) is 102 Å². The maximum Gasteiger partial charge on any atom is 0.0755 e. The van der Waals surface area contributed by atoms with Gasteiger partial charge in [0.25, 0.3) is 0 Å². The lowest BCUT2D eigenvalue weighted by molar-refractivity contribution is 0.748. The van der Waals surface area contributed by atoms with Crippen LogP contribution in [0, 0.1) is 0 Å². The van der Waals surface area contributed by atoms with Crippen LogP contribution in [0.25, 0.3) is 93.2 Å². The zero-order valence-electron chi connectivity index (χ0n) is 37.6. The fourth-order valence-corrected chi connectivity index (χ4v) is 12.7. The van der Waals surface area contributed by atoms with Crippen molar-refractivity contribution in [3.05, 3.63) is 277 Å². The lowest BCUT2D eigenvalue weighted by Gasteiger charge is -2.39. The third-order valence-electron chi connectivity index (χ3n) is 15.4. The molecule has 0 bridgehead atoms. The summed E-state index contributed by atoms with van der Waals surface area (Å²) < 4.78 is 2.53. The van der Waals surface area contributed by atoms with E-state index in [1.165, 1.54) is 110 Å². The second-order valence-corrected chi connectivity index (χ2v) is 18.7. The maximum absolute atomic E-state index is 2.60. The molecule has 1 aromatic heterocycles. The van der Waals surface area contributed by atoms with Gasteiger partial charge in [-0.25, -0.2) is 0 Å². The van der Waals surface area contributed by atoms with E-state index in [4.69, 9.17) is 0 Å². The molecule has 0 N–H and O–H groups in total. The summed E-state index contributed by atoms with van der Waals surface area (Å²) in [5.41, 5.74) is 19.0. The normalized spacial score (nSPS) is 14.4. The molecule has 2 heterocycles. The van der Waals surface area contributed by atoms with Crippen molar-refractivity contribution in [2.24, 2.45) is 0 Å². The Morgan fingerprint density at radius 1 is 0.290 bits per heavy atom. The van der Waals surface area contributed by atoms with Crippen LogP contribution in [-0.4, -0.2) is 4.57 Å². The average Bonchev–Trinajstić information content (AvgIpc) is 3.92. The minimum Gasteiger partial charge on any atom is -0.309 e. The zero-order valence-corrected chi connectivity index (χ0v) is 37.6. The van der Waals surface area contributed by atoms with Gasteiger partial charge in [0, 0.05) is 27.3 Å². The molecule has 2 nitrogen and oxygen atoms in total. The molecule has 69 heavy (non-hydrogen) atoms. The van der Waals surface area contributed by atoms with Crippen molar-refractivity contribution in [2.75, 3.05) is 4.90 Å². The summed E-state index contributed by atoms with van der Waals surface area (Å²) in [4.78, 5) is 2.60. The van der Waals surface area contributed by atoms with Crippen molar-refractivity contribution < 1.29 is 0 Å². The first-order chi connectivity index (χ1) is 34.3. The number of benzene rings is 12. The van der Waals surface area contributed by atoms with Crippen molar-refractivity contribution in [3.63, 3.8) is 0 Å². The summed E-state index contributed by atoms with van der Waals surface area (Å²) in [5, 5.41) is 9.91. The molecule has 0 radical (unpaired) electrons. The first-order valence-electron chi connectivity index (χ1n) is 24.0. The van der Waals surface area contributed by atoms with E-state index in [1.807, 2.05) is 0 Å². The van der Waals surface area contributed by atoms with E-state index in [2.05, 4.69) is 264 Å². The number of para-hydroxylation sites is 4. The molecule has 0 saturated carbocycles. The summed E-state index contributed by atoms with van der Waals surface area (Å²) in [5.74, 6) is 0. The largest absolute Gasteiger partial charge is 0.309 e. The van der Waals surface area contributed by atoms with Gasteiger partial charge in [-0.15, -0.1) is 0 Å². The van der Waals surface area contributed by atoms with Crippen LogP contribution in [0.5, 0.6) is 0 Å². The Morgan fingerprint density at radius 3 is 1.67 bits per heavy atom. The molecule has 1 aliphatic carbocycles. The second kappa shape index (κ2) is 14.5. The van der Waals surface area contributed by atoms with Gasteiger partial charge in [0.2, 0.25) is 0 Å². The second-order valence-electron chi connectivity index (χ2n) is 18.7. The van der Waals surface area contributed by atoms with Crippen LogP contribution in [0.15, 0.2) is 255 Å². The summed E-state index contributed by atoms with van der Waals surface area (Å²) in [6.45, 7) is 0. The quantitative estimate of drug-likeness (QED) is 0.156. The standard InChI is InChI=1S/C67H42N2/c1-3-23-45-43(20-1)22-17-32-47(45)49-26-5-6-27-50(49)51-28-10-14-38-60(51)68(64-42-44-21-2-4-24-46(44)48-25-7-8-29-52(48)64)63-41-19-36-58-65(63)55-31-9-12-34-56(55)67(58)57-35-13-16-40-62(57)69-61-39-15-11-30-53(61)54-33-18-37-59(67)66(54)69/h1-42H. The highest BCUT2D eigenvalue weighted by Crippen LogP contribution is 2.64. The number of rotatable bonds is 5. The van der Waals surface area contributed by atoms with Gasteiger partial charge >= 0.3 is 0 Å². The van der Waals surface area contributed by atoms with Gasteiger partial charge in [-0.1, -0.05) is 224 Å². The van der Waals surface area contributed by atoms with Crippen molar-refractivity contribution in [2.45, 2.75) is 5.41 Å². The van der Waals surface area contributed by atoms with E-state index < -0.39 is 5.41 Å². The number of anilines is 3. The Bertz CT molecular complexity index is 4280. The minimum absolute atomic E-state index is 0.597. The molecule has 1 spiro atoms. The van der Waals surface area contributed by atoms with Gasteiger partial charge in [0.05, 0.1) is 39.2 Å². The Balaban J connectivity index is 1.08. The predicted octanol–water partition coefficient (Wildman–Crippen LogP) is 17.7. The predicted molar refractivity (Wildman–Crippen MR) is 290 cm³/mol. The highest BCUT2D eigenvalue weighted by molar-refractivity contribution is 6.17. The van der Waals surface area contributed by atoms with Crippen molar-refractivity contribution >= 4 is 71.2 Å². The molecule has 15 rings (SSSR count). The molecule has 12 aromatic carbocycles. The highest BCUT2D eigenvalue weighted by Gasteiger charge is 2.51. The highest BCUT2D eigenvalue weighted by atomic mass is 15.2. The van der Waals surface area contributed by atoms with Crippen LogP contribution >= 0.6 is 0 Å². The van der Waals surface area contributed by atoms with Gasteiger partial charge in [-0.2, -0.15) is 0 Å². The Morgan fingerprint density at radius 2 is 0.812 bits per heavy atom. The van der Waals surface area contributed by atoms with Crippen LogP contribution in [0.4, 0.5) is 17.1 Å². The summed E-state index contributed by atoms with van der Waals surface area (Å²) in [7, 11) is 0. The van der Waals surface area contributed by atoms with Crippen molar-refractivity contribution in [1.82, 2.24) is 4.57 Å². The Kier molecular flexibility index (Phi) is 8.02. The van der Waals surface area contributed by atoms with Crippen LogP contribution < -0.4 is 4.90 Å². The van der Waals surface area contributed by atoms with Crippen LogP contribution in [0.3, 0.4) is 0 Å². The molecule has 0 fully saturated rings. The molecule has 2 aliphatic rings. The number of aromatic nitrogens is 1. The molecular formula is C67H42N2. The summed E-state index contributed by atoms with van der Waals surface area (Å²) >= 11 is 0. The average molecular weight is 875 g/mol. The topological polar surface area (TPSA) is 8.17 Å². The van der Waals surface area contributed by atoms with Crippen LogP contribution in [0.2, 0.25) is 0 Å². The first-order valence-corrected chi connectivity index (χ1v) is 24.0. The summed E-state index contributed by atoms with van der Waals surface area (Å²) in [6, 6.07) is 95.2. The van der Waals surface area contributed by atoms with E-state index in [0.717, 1.165) is 22.6 Å². The number of nitrogens with zero attached hydrogens (tertiary/aromatic N) is 2. The van der Waals surface area contributed by atoms with E-state index in [1.54, 1.807) is 0 Å². The smallest absolute Gasteiger partial charge is 0.0755 e. The minimum atomic E-state index is -0.597. The van der Waals surface area contributed by atoms with Crippen molar-refractivity contribution in [1.29, 1.82) is 0 Å². The van der Waals surface area contributed by atoms with Gasteiger partial charge in [0.1, 0.15) is 0 Å². The Labute approximate surface area is 400 Å². The Hall–Kier alpha value is -8.98. The molecule has 13 aromatic rings. The number of hydrogen-bond donors (Lipinski definition) is 0. The van der Waals surface area contributed by atoms with Crippen molar-refractivity contribution in [3.8, 4) is 39.1 Å². The lowest BCUT2D eigenvalue weighted by atomic mass is 9.65. The first kappa shape index (κ1) is 38.2. The van der Waals surface area contributed by atoms with E-state index >= 15 is 0 Å². The fraction of sp³-hybridized carbons (Fsp3) is 0.0149. The SMILES string of the molecule is c1ccc(-c2cccc3ccccc23)c(-c2ccccc2N(c2cccc3c2-c2ccccc2C32c3ccccc3-n3c4ccccc4c4cccc2c43)c2cc3ccccc3c3ccccc23)c1. The van der Waals surface area contributed by atoms with Gasteiger partial charge in [0.15, 0.2) is 0 Å². The van der Waals surface area contributed by atoms with Crippen LogP contribution in [-0.2, 0) is 5.41 Å². The van der Waals surface area contributed by atoms with E-state index in [9.17, 15) is 0 Å². The van der Waals surface area contributed by atoms with E-state index in [0.29, 0.717) is 0 Å². The third kappa shape index (κ3) is 5.15. The molecular weight excluding hydrogens is 833 g/mol. The van der Waals surface area contributed by atoms with Gasteiger partial charge < -0.3 is 9.47 Å². The summed E-state index contributed by atoms with van der Waals surface area (Å²) in [6.07, 6.45) is 0. The molecule has 1 aliphatic heterocycles. The fourth-order valence-electron chi connectivity index (χ4n) is 12.7. The van der Waals surface area contributed by atoms with Crippen LogP contribution in [0.1, 0.15) is 22.3 Å². The molecule has 1 atom stereocenters. The zero-order chi connectivity index (χ0) is 45.2. The third-order valence-corrected chi connectivity index (χ3v) is 15.4. The number of fused-ring (bicyclic) bond motifs is 16. The molecule has 0 amide bonds.